The van der Waals surface area contributed by atoms with Crippen molar-refractivity contribution < 1.29 is 24.3 Å². The van der Waals surface area contributed by atoms with Gasteiger partial charge in [0.25, 0.3) is 0 Å². The molecule has 1 aromatic heterocycles. The Morgan fingerprint density at radius 3 is 2.36 bits per heavy atom. The third-order valence-electron chi connectivity index (χ3n) is 7.99. The predicted octanol–water partition coefficient (Wildman–Crippen LogP) is 8.08. The number of hydrogen-bond donors (Lipinski definition) is 2. The van der Waals surface area contributed by atoms with Crippen molar-refractivity contribution in [2.24, 2.45) is 5.92 Å². The van der Waals surface area contributed by atoms with Crippen LogP contribution in [0.1, 0.15) is 71.2 Å². The summed E-state index contributed by atoms with van der Waals surface area (Å²) >= 11 is 19.6. The topological polar surface area (TPSA) is 92.8 Å². The van der Waals surface area contributed by atoms with Gasteiger partial charge >= 0.3 is 5.97 Å². The van der Waals surface area contributed by atoms with Crippen molar-refractivity contribution in [3.05, 3.63) is 97.9 Å². The number of benzene rings is 2. The predicted molar refractivity (Wildman–Crippen MR) is 149 cm³/mol. The van der Waals surface area contributed by atoms with Crippen molar-refractivity contribution in [3.63, 3.8) is 0 Å². The molecule has 0 saturated heterocycles. The Bertz CT molecular complexity index is 1460. The van der Waals surface area contributed by atoms with Gasteiger partial charge < -0.3 is 19.5 Å². The van der Waals surface area contributed by atoms with Crippen LogP contribution in [0.15, 0.2) is 69.9 Å². The van der Waals surface area contributed by atoms with Gasteiger partial charge in [-0.15, -0.1) is 0 Å². The number of aliphatic hydroxyl groups is 1. The second-order valence-corrected chi connectivity index (χ2v) is 11.8. The molecule has 2 fully saturated rings. The molecule has 6 rings (SSSR count). The molecule has 3 aliphatic rings. The summed E-state index contributed by atoms with van der Waals surface area (Å²) in [6.45, 7) is 0.224. The molecule has 0 bridgehead atoms. The van der Waals surface area contributed by atoms with Crippen molar-refractivity contribution in [2.45, 2.75) is 56.1 Å². The van der Waals surface area contributed by atoms with Crippen molar-refractivity contribution in [1.29, 1.82) is 0 Å². The third kappa shape index (κ3) is 5.11. The maximum Gasteiger partial charge on any atom is 0.335 e. The maximum atomic E-state index is 11.3. The van der Waals surface area contributed by atoms with E-state index in [9.17, 15) is 9.90 Å². The van der Waals surface area contributed by atoms with Gasteiger partial charge in [0.15, 0.2) is 0 Å². The van der Waals surface area contributed by atoms with Crippen LogP contribution in [0.5, 0.6) is 0 Å². The number of carboxylic acids is 1. The molecule has 1 atom stereocenters. The fourth-order valence-corrected chi connectivity index (χ4v) is 6.61. The summed E-state index contributed by atoms with van der Waals surface area (Å²) in [5.74, 6) is 0.726. The number of halogens is 3. The van der Waals surface area contributed by atoms with Gasteiger partial charge in [0.05, 0.1) is 26.8 Å². The molecule has 6 nitrogen and oxygen atoms in total. The van der Waals surface area contributed by atoms with E-state index in [1.807, 2.05) is 18.2 Å². The number of nitrogens with zero attached hydrogens (tertiary/aromatic N) is 1. The van der Waals surface area contributed by atoms with Crippen molar-refractivity contribution in [2.75, 3.05) is 0 Å². The number of carboxylic acid groups (broad SMARTS) is 1. The van der Waals surface area contributed by atoms with Crippen LogP contribution >= 0.6 is 34.8 Å². The van der Waals surface area contributed by atoms with Crippen LogP contribution in [-0.4, -0.2) is 26.9 Å². The van der Waals surface area contributed by atoms with E-state index in [-0.39, 0.29) is 24.0 Å². The Labute approximate surface area is 240 Å². The molecule has 2 saturated carbocycles. The molecule has 3 aromatic rings. The summed E-state index contributed by atoms with van der Waals surface area (Å²) in [5.41, 5.74) is 2.39. The lowest BCUT2D eigenvalue weighted by Crippen LogP contribution is -2.49. The number of aromatic nitrogens is 1. The Balaban J connectivity index is 1.13. The number of ether oxygens (including phenoxy) is 1. The first kappa shape index (κ1) is 26.5. The molecular weight excluding hydrogens is 561 g/mol. The average molecular weight is 587 g/mol. The van der Waals surface area contributed by atoms with E-state index in [1.54, 1.807) is 36.4 Å². The highest BCUT2D eigenvalue weighted by Gasteiger charge is 2.50. The fourth-order valence-electron chi connectivity index (χ4n) is 5.63. The van der Waals surface area contributed by atoms with E-state index < -0.39 is 11.6 Å². The second-order valence-electron chi connectivity index (χ2n) is 10.6. The van der Waals surface area contributed by atoms with E-state index in [0.717, 1.165) is 29.7 Å². The molecule has 0 spiro atoms. The Morgan fingerprint density at radius 2 is 1.74 bits per heavy atom. The molecule has 0 radical (unpaired) electrons. The van der Waals surface area contributed by atoms with Gasteiger partial charge in [-0.25, -0.2) is 4.79 Å². The molecule has 2 aromatic carbocycles. The molecule has 202 valence electrons. The normalized spacial score (nSPS) is 24.5. The second kappa shape index (κ2) is 10.3. The molecule has 3 aliphatic carbocycles. The smallest absolute Gasteiger partial charge is 0.335 e. The molecule has 1 unspecified atom stereocenters. The number of allylic oxidation sites excluding steroid dienone is 2. The molecule has 2 N–H and O–H groups in total. The highest BCUT2D eigenvalue weighted by atomic mass is 35.5. The minimum Gasteiger partial charge on any atom is -0.489 e. The minimum atomic E-state index is -0.952. The summed E-state index contributed by atoms with van der Waals surface area (Å²) in [6, 6.07) is 12.2. The largest absolute Gasteiger partial charge is 0.489 e. The summed E-state index contributed by atoms with van der Waals surface area (Å²) < 4.78 is 11.9. The van der Waals surface area contributed by atoms with Crippen LogP contribution in [-0.2, 0) is 11.3 Å². The van der Waals surface area contributed by atoms with Gasteiger partial charge in [-0.2, -0.15) is 0 Å². The zero-order valence-corrected chi connectivity index (χ0v) is 23.1. The molecular formula is C30H26Cl3NO5. The average Bonchev–Trinajstić information content (AvgIpc) is 3.66. The lowest BCUT2D eigenvalue weighted by molar-refractivity contribution is -0.0836. The number of rotatable bonds is 8. The summed E-state index contributed by atoms with van der Waals surface area (Å²) in [7, 11) is 0. The first-order valence-corrected chi connectivity index (χ1v) is 14.1. The molecule has 39 heavy (non-hydrogen) atoms. The van der Waals surface area contributed by atoms with E-state index in [2.05, 4.69) is 5.16 Å². The van der Waals surface area contributed by atoms with Gasteiger partial charge in [0.2, 0.25) is 0 Å². The van der Waals surface area contributed by atoms with E-state index >= 15 is 0 Å². The molecule has 9 heteroatoms. The van der Waals surface area contributed by atoms with Gasteiger partial charge in [-0.05, 0) is 80.0 Å². The van der Waals surface area contributed by atoms with Crippen LogP contribution in [0.3, 0.4) is 0 Å². The summed E-state index contributed by atoms with van der Waals surface area (Å²) in [5, 5.41) is 26.3. The van der Waals surface area contributed by atoms with E-state index in [0.29, 0.717) is 57.3 Å². The van der Waals surface area contributed by atoms with Crippen molar-refractivity contribution in [1.82, 2.24) is 5.16 Å². The zero-order valence-electron chi connectivity index (χ0n) is 20.9. The lowest BCUT2D eigenvalue weighted by Gasteiger charge is -2.49. The standard InChI is InChI=1S/C30H26Cl3NO5/c31-23-2-1-3-24(32)26(23)27-21(28(39-34-27)17-6-7-17)15-38-20-10-11-22(25(33)12-20)30(37)13-19(14-30)16-4-8-18(9-5-16)29(35)36/h1-5,8-10,12,17,19,22,37H,6-7,11,13-15H2,(H,35,36). The summed E-state index contributed by atoms with van der Waals surface area (Å²) in [4.78, 5) is 11.1. The Hall–Kier alpha value is -2.77. The monoisotopic (exact) mass is 585 g/mol. The first-order chi connectivity index (χ1) is 18.7. The quantitative estimate of drug-likeness (QED) is 0.277. The zero-order chi connectivity index (χ0) is 27.3. The van der Waals surface area contributed by atoms with Crippen LogP contribution in [0.2, 0.25) is 10.0 Å². The fraction of sp³-hybridized carbons (Fsp3) is 0.333. The minimum absolute atomic E-state index is 0.161. The van der Waals surface area contributed by atoms with Crippen LogP contribution in [0.4, 0.5) is 0 Å². The third-order valence-corrected chi connectivity index (χ3v) is 9.00. The van der Waals surface area contributed by atoms with E-state index in [1.165, 1.54) is 0 Å². The van der Waals surface area contributed by atoms with Crippen LogP contribution in [0.25, 0.3) is 11.3 Å². The van der Waals surface area contributed by atoms with Gasteiger partial charge in [-0.1, -0.05) is 58.2 Å². The Kier molecular flexibility index (Phi) is 7.00. The van der Waals surface area contributed by atoms with Crippen molar-refractivity contribution >= 4 is 40.8 Å². The first-order valence-electron chi connectivity index (χ1n) is 12.9. The van der Waals surface area contributed by atoms with Crippen LogP contribution < -0.4 is 0 Å². The van der Waals surface area contributed by atoms with Gasteiger partial charge in [0.1, 0.15) is 23.8 Å². The SMILES string of the molecule is O=C(O)c1ccc(C2CC(O)(C3CC=C(OCc4c(-c5c(Cl)cccc5Cl)noc4C4CC4)C=C3Cl)C2)cc1. The highest BCUT2D eigenvalue weighted by Crippen LogP contribution is 2.53. The van der Waals surface area contributed by atoms with Crippen molar-refractivity contribution in [3.8, 4) is 11.3 Å². The molecule has 0 amide bonds. The number of hydrogen-bond acceptors (Lipinski definition) is 5. The van der Waals surface area contributed by atoms with Gasteiger partial charge in [-0.3, -0.25) is 0 Å². The summed E-state index contributed by atoms with van der Waals surface area (Å²) in [6.07, 6.45) is 7.48. The molecule has 1 heterocycles. The lowest BCUT2D eigenvalue weighted by atomic mass is 9.61. The van der Waals surface area contributed by atoms with Gasteiger partial charge in [0, 0.05) is 22.4 Å². The van der Waals surface area contributed by atoms with E-state index in [4.69, 9.17) is 49.2 Å². The number of aromatic carboxylic acids is 1. The molecule has 0 aliphatic heterocycles. The van der Waals surface area contributed by atoms with Crippen LogP contribution in [0, 0.1) is 5.92 Å². The highest BCUT2D eigenvalue weighted by molar-refractivity contribution is 6.39. The Morgan fingerprint density at radius 1 is 1.05 bits per heavy atom. The number of carbonyl (C=O) groups is 1. The maximum absolute atomic E-state index is 11.3.